The van der Waals surface area contributed by atoms with Crippen LogP contribution in [0.1, 0.15) is 49.2 Å². The number of anilines is 1. The fourth-order valence-electron chi connectivity index (χ4n) is 3.92. The van der Waals surface area contributed by atoms with Gasteiger partial charge in [-0.15, -0.1) is 0 Å². The molecular formula is C26H33N3O3. The van der Waals surface area contributed by atoms with Crippen molar-refractivity contribution in [2.45, 2.75) is 60.1 Å². The van der Waals surface area contributed by atoms with Gasteiger partial charge in [0.05, 0.1) is 11.8 Å². The molecule has 0 bridgehead atoms. The molecule has 1 atom stereocenters. The zero-order valence-corrected chi connectivity index (χ0v) is 19.7. The number of ether oxygens (including phenoxy) is 2. The molecule has 3 rings (SSSR count). The van der Waals surface area contributed by atoms with Crippen molar-refractivity contribution in [3.05, 3.63) is 52.4 Å². The minimum Gasteiger partial charge on any atom is -0.489 e. The summed E-state index contributed by atoms with van der Waals surface area (Å²) in [6, 6.07) is 9.67. The highest BCUT2D eigenvalue weighted by atomic mass is 16.5. The molecule has 1 aromatic heterocycles. The summed E-state index contributed by atoms with van der Waals surface area (Å²) in [6.45, 7) is 12.5. The molecule has 6 nitrogen and oxygen atoms in total. The number of aryl methyl sites for hydroxylation is 2. The van der Waals surface area contributed by atoms with E-state index in [-0.39, 0.29) is 11.7 Å². The van der Waals surface area contributed by atoms with Gasteiger partial charge in [0.15, 0.2) is 0 Å². The first-order valence-corrected chi connectivity index (χ1v) is 11.2. The van der Waals surface area contributed by atoms with Crippen molar-refractivity contribution < 1.29 is 14.3 Å². The highest BCUT2D eigenvalue weighted by Gasteiger charge is 2.19. The number of nitrogens with one attached hydrogen (secondary N) is 1. The van der Waals surface area contributed by atoms with Crippen LogP contribution in [-0.2, 0) is 16.1 Å². The maximum Gasteiger partial charge on any atom is 0.266 e. The Bertz CT molecular complexity index is 1040. The molecule has 1 amide bonds. The van der Waals surface area contributed by atoms with Crippen LogP contribution in [0, 0.1) is 38.0 Å². The number of rotatable bonds is 8. The summed E-state index contributed by atoms with van der Waals surface area (Å²) in [5.74, 6) is 0.637. The molecular weight excluding hydrogens is 402 g/mol. The average molecular weight is 436 g/mol. The maximum atomic E-state index is 12.9. The molecule has 6 heteroatoms. The molecule has 32 heavy (non-hydrogen) atoms. The van der Waals surface area contributed by atoms with E-state index in [9.17, 15) is 10.1 Å². The summed E-state index contributed by atoms with van der Waals surface area (Å²) in [6.07, 6.45) is 3.76. The Morgan fingerprint density at radius 3 is 2.78 bits per heavy atom. The summed E-state index contributed by atoms with van der Waals surface area (Å²) in [5, 5.41) is 12.5. The van der Waals surface area contributed by atoms with Crippen molar-refractivity contribution in [1.82, 2.24) is 4.57 Å². The number of hydrogen-bond acceptors (Lipinski definition) is 4. The Kier molecular flexibility index (Phi) is 7.76. The van der Waals surface area contributed by atoms with Gasteiger partial charge in [-0.25, -0.2) is 0 Å². The van der Waals surface area contributed by atoms with Gasteiger partial charge in [-0.2, -0.15) is 5.26 Å². The standard InChI is InChI=1S/C26H33N3O3/c1-17(2)15-29-19(4)12-21(20(29)5)13-22(14-27)26(30)28-24-9-8-18(3)11-25(24)32-16-23-7-6-10-31-23/h8-9,11-13,17,23H,6-7,10,15-16H2,1-5H3,(H,28,30)/b22-13+. The highest BCUT2D eigenvalue weighted by Crippen LogP contribution is 2.28. The van der Waals surface area contributed by atoms with Crippen LogP contribution in [0.15, 0.2) is 29.8 Å². The fraction of sp³-hybridized carbons (Fsp3) is 0.462. The normalized spacial score (nSPS) is 16.3. The van der Waals surface area contributed by atoms with Crippen LogP contribution in [0.5, 0.6) is 5.75 Å². The van der Waals surface area contributed by atoms with Gasteiger partial charge in [0.1, 0.15) is 24.0 Å². The lowest BCUT2D eigenvalue weighted by atomic mass is 10.1. The van der Waals surface area contributed by atoms with Crippen LogP contribution in [-0.4, -0.2) is 29.8 Å². The highest BCUT2D eigenvalue weighted by molar-refractivity contribution is 6.10. The Morgan fingerprint density at radius 2 is 2.12 bits per heavy atom. The zero-order chi connectivity index (χ0) is 23.3. The topological polar surface area (TPSA) is 76.3 Å². The number of hydrogen-bond donors (Lipinski definition) is 1. The van der Waals surface area contributed by atoms with Gasteiger partial charge in [-0.1, -0.05) is 19.9 Å². The maximum absolute atomic E-state index is 12.9. The molecule has 2 aromatic rings. The van der Waals surface area contributed by atoms with Crippen molar-refractivity contribution in [2.24, 2.45) is 5.92 Å². The molecule has 1 aliphatic rings. The summed E-state index contributed by atoms with van der Waals surface area (Å²) in [5.41, 5.74) is 4.68. The lowest BCUT2D eigenvalue weighted by Crippen LogP contribution is -2.18. The first kappa shape index (κ1) is 23.6. The molecule has 2 heterocycles. The fourth-order valence-corrected chi connectivity index (χ4v) is 3.92. The second kappa shape index (κ2) is 10.5. The van der Waals surface area contributed by atoms with Crippen LogP contribution in [0.4, 0.5) is 5.69 Å². The van der Waals surface area contributed by atoms with Crippen LogP contribution >= 0.6 is 0 Å². The molecule has 0 radical (unpaired) electrons. The number of carbonyl (C=O) groups excluding carboxylic acids is 1. The largest absolute Gasteiger partial charge is 0.489 e. The van der Waals surface area contributed by atoms with E-state index in [1.807, 2.05) is 45.0 Å². The molecule has 1 aliphatic heterocycles. The van der Waals surface area contributed by atoms with Crippen LogP contribution in [0.25, 0.3) is 6.08 Å². The molecule has 0 aliphatic carbocycles. The first-order valence-electron chi connectivity index (χ1n) is 11.2. The van der Waals surface area contributed by atoms with E-state index in [1.54, 1.807) is 6.08 Å². The number of benzene rings is 1. The number of nitrogens with zero attached hydrogens (tertiary/aromatic N) is 2. The Balaban J connectivity index is 1.79. The minimum absolute atomic E-state index is 0.0560. The van der Waals surface area contributed by atoms with Crippen LogP contribution < -0.4 is 10.1 Å². The summed E-state index contributed by atoms with van der Waals surface area (Å²) in [4.78, 5) is 12.9. The second-order valence-corrected chi connectivity index (χ2v) is 8.90. The van der Waals surface area contributed by atoms with Crippen molar-refractivity contribution in [2.75, 3.05) is 18.5 Å². The average Bonchev–Trinajstić information content (AvgIpc) is 3.35. The van der Waals surface area contributed by atoms with Crippen molar-refractivity contribution in [3.8, 4) is 11.8 Å². The van der Waals surface area contributed by atoms with E-state index in [0.29, 0.717) is 24.0 Å². The monoisotopic (exact) mass is 435 g/mol. The van der Waals surface area contributed by atoms with E-state index in [0.717, 1.165) is 48.5 Å². The number of nitriles is 1. The molecule has 170 valence electrons. The van der Waals surface area contributed by atoms with Crippen molar-refractivity contribution >= 4 is 17.7 Å². The minimum atomic E-state index is -0.452. The van der Waals surface area contributed by atoms with Gasteiger partial charge in [-0.3, -0.25) is 4.79 Å². The third kappa shape index (κ3) is 5.80. The molecule has 0 spiro atoms. The SMILES string of the molecule is Cc1ccc(NC(=O)/C(C#N)=C/c2cc(C)n(CC(C)C)c2C)c(OCC2CCCO2)c1. The quantitative estimate of drug-likeness (QED) is 0.458. The van der Waals surface area contributed by atoms with E-state index in [2.05, 4.69) is 29.8 Å². The number of carbonyl (C=O) groups is 1. The van der Waals surface area contributed by atoms with Crippen LogP contribution in [0.2, 0.25) is 0 Å². The summed E-state index contributed by atoms with van der Waals surface area (Å²) < 4.78 is 13.8. The molecule has 1 fully saturated rings. The zero-order valence-electron chi connectivity index (χ0n) is 19.7. The molecule has 1 saturated heterocycles. The number of aromatic nitrogens is 1. The van der Waals surface area contributed by atoms with E-state index < -0.39 is 5.91 Å². The lowest BCUT2D eigenvalue weighted by Gasteiger charge is -2.16. The molecule has 1 N–H and O–H groups in total. The second-order valence-electron chi connectivity index (χ2n) is 8.90. The van der Waals surface area contributed by atoms with Gasteiger partial charge in [0, 0.05) is 24.5 Å². The lowest BCUT2D eigenvalue weighted by molar-refractivity contribution is -0.112. The number of amides is 1. The van der Waals surface area contributed by atoms with E-state index in [4.69, 9.17) is 9.47 Å². The predicted molar refractivity (Wildman–Crippen MR) is 127 cm³/mol. The van der Waals surface area contributed by atoms with Gasteiger partial charge in [0.25, 0.3) is 5.91 Å². The summed E-state index contributed by atoms with van der Waals surface area (Å²) in [7, 11) is 0. The third-order valence-corrected chi connectivity index (χ3v) is 5.66. The van der Waals surface area contributed by atoms with E-state index in [1.165, 1.54) is 0 Å². The van der Waals surface area contributed by atoms with Gasteiger partial charge < -0.3 is 19.4 Å². The van der Waals surface area contributed by atoms with Crippen molar-refractivity contribution in [1.29, 1.82) is 5.26 Å². The Morgan fingerprint density at radius 1 is 1.34 bits per heavy atom. The molecule has 0 saturated carbocycles. The molecule has 1 aromatic carbocycles. The first-order chi connectivity index (χ1) is 15.3. The van der Waals surface area contributed by atoms with Gasteiger partial charge >= 0.3 is 0 Å². The Hall–Kier alpha value is -3.04. The van der Waals surface area contributed by atoms with Gasteiger partial charge in [0.2, 0.25) is 0 Å². The molecule has 1 unspecified atom stereocenters. The Labute approximate surface area is 190 Å². The predicted octanol–water partition coefficient (Wildman–Crippen LogP) is 5.17. The summed E-state index contributed by atoms with van der Waals surface area (Å²) >= 11 is 0. The van der Waals surface area contributed by atoms with Crippen molar-refractivity contribution in [3.63, 3.8) is 0 Å². The smallest absolute Gasteiger partial charge is 0.266 e. The third-order valence-electron chi connectivity index (χ3n) is 5.66. The van der Waals surface area contributed by atoms with E-state index >= 15 is 0 Å². The van der Waals surface area contributed by atoms with Gasteiger partial charge in [-0.05, 0) is 74.9 Å². The van der Waals surface area contributed by atoms with Crippen LogP contribution in [0.3, 0.4) is 0 Å².